The van der Waals surface area contributed by atoms with Gasteiger partial charge in [0.2, 0.25) is 5.13 Å². The number of aromatic carboxylic acids is 1. The van der Waals surface area contributed by atoms with E-state index in [2.05, 4.69) is 15.5 Å². The van der Waals surface area contributed by atoms with Crippen molar-refractivity contribution in [3.63, 3.8) is 0 Å². The lowest BCUT2D eigenvalue weighted by atomic mass is 10.1. The topological polar surface area (TPSA) is 74.6 Å². The zero-order chi connectivity index (χ0) is 18.7. The summed E-state index contributed by atoms with van der Waals surface area (Å²) in [6.07, 6.45) is 1.09. The number of carboxylic acids is 1. The second kappa shape index (κ2) is 7.59. The van der Waals surface area contributed by atoms with Crippen molar-refractivity contribution >= 4 is 40.3 Å². The molecule has 2 N–H and O–H groups in total. The summed E-state index contributed by atoms with van der Waals surface area (Å²) in [6, 6.07) is 8.59. The highest BCUT2D eigenvalue weighted by atomic mass is 35.5. The molecule has 0 bridgehead atoms. The van der Waals surface area contributed by atoms with Crippen molar-refractivity contribution in [2.24, 2.45) is 5.10 Å². The number of rotatable bonds is 5. The number of hydrogen-bond donors (Lipinski definition) is 2. The van der Waals surface area contributed by atoms with Gasteiger partial charge in [0, 0.05) is 21.5 Å². The van der Waals surface area contributed by atoms with Gasteiger partial charge < -0.3 is 5.11 Å². The predicted octanol–water partition coefficient (Wildman–Crippen LogP) is 4.89. The number of nitrogens with one attached hydrogen (secondary N) is 1. The molecular formula is C17H10ClF2N3O2S. The van der Waals surface area contributed by atoms with E-state index in [0.717, 1.165) is 17.8 Å². The molecule has 0 aliphatic rings. The van der Waals surface area contributed by atoms with Crippen LogP contribution in [0.4, 0.5) is 13.9 Å². The van der Waals surface area contributed by atoms with E-state index < -0.39 is 23.2 Å². The SMILES string of the molecule is O=C(O)c1cc(F)c(F)cc1/C=N/Nc1nc(-c2ccccc2Cl)cs1. The Morgan fingerprint density at radius 3 is 2.73 bits per heavy atom. The zero-order valence-electron chi connectivity index (χ0n) is 12.9. The van der Waals surface area contributed by atoms with Gasteiger partial charge in [0.25, 0.3) is 0 Å². The van der Waals surface area contributed by atoms with Crippen molar-refractivity contribution in [3.8, 4) is 11.3 Å². The van der Waals surface area contributed by atoms with E-state index in [4.69, 9.17) is 16.7 Å². The molecule has 0 atom stereocenters. The van der Waals surface area contributed by atoms with Crippen LogP contribution in [0.2, 0.25) is 5.02 Å². The molecule has 0 amide bonds. The molecular weight excluding hydrogens is 384 g/mol. The first-order valence-corrected chi connectivity index (χ1v) is 8.43. The number of carboxylic acid groups (broad SMARTS) is 1. The fourth-order valence-electron chi connectivity index (χ4n) is 2.13. The first kappa shape index (κ1) is 18.0. The Hall–Kier alpha value is -2.84. The summed E-state index contributed by atoms with van der Waals surface area (Å²) >= 11 is 7.38. The molecule has 0 spiro atoms. The smallest absolute Gasteiger partial charge is 0.336 e. The van der Waals surface area contributed by atoms with Gasteiger partial charge in [-0.25, -0.2) is 18.6 Å². The van der Waals surface area contributed by atoms with Gasteiger partial charge in [-0.15, -0.1) is 11.3 Å². The van der Waals surface area contributed by atoms with E-state index in [9.17, 15) is 13.6 Å². The number of hydrazone groups is 1. The first-order chi connectivity index (χ1) is 12.5. The quantitative estimate of drug-likeness (QED) is 0.478. The van der Waals surface area contributed by atoms with Gasteiger partial charge in [-0.2, -0.15) is 5.10 Å². The maximum atomic E-state index is 13.3. The second-order valence-corrected chi connectivity index (χ2v) is 6.31. The van der Waals surface area contributed by atoms with Crippen LogP contribution in [0.15, 0.2) is 46.9 Å². The Kier molecular flexibility index (Phi) is 5.24. The van der Waals surface area contributed by atoms with E-state index >= 15 is 0 Å². The van der Waals surface area contributed by atoms with Crippen LogP contribution in [0.25, 0.3) is 11.3 Å². The third-order valence-corrected chi connectivity index (χ3v) is 4.42. The Labute approximate surface area is 155 Å². The second-order valence-electron chi connectivity index (χ2n) is 5.05. The molecule has 26 heavy (non-hydrogen) atoms. The number of hydrogen-bond acceptors (Lipinski definition) is 5. The van der Waals surface area contributed by atoms with Crippen LogP contribution in [-0.2, 0) is 0 Å². The third-order valence-electron chi connectivity index (χ3n) is 3.34. The molecule has 0 saturated carbocycles. The molecule has 1 aromatic heterocycles. The van der Waals surface area contributed by atoms with Crippen molar-refractivity contribution in [1.29, 1.82) is 0 Å². The highest BCUT2D eigenvalue weighted by molar-refractivity contribution is 7.14. The fraction of sp³-hybridized carbons (Fsp3) is 0. The van der Waals surface area contributed by atoms with Crippen molar-refractivity contribution < 1.29 is 18.7 Å². The minimum absolute atomic E-state index is 0.0771. The number of aromatic nitrogens is 1. The first-order valence-electron chi connectivity index (χ1n) is 7.17. The summed E-state index contributed by atoms with van der Waals surface area (Å²) in [5, 5.41) is 15.7. The number of nitrogens with zero attached hydrogens (tertiary/aromatic N) is 2. The lowest BCUT2D eigenvalue weighted by Crippen LogP contribution is -2.05. The largest absolute Gasteiger partial charge is 0.478 e. The Morgan fingerprint density at radius 1 is 1.27 bits per heavy atom. The number of halogens is 3. The maximum absolute atomic E-state index is 13.3. The minimum atomic E-state index is -1.39. The van der Waals surface area contributed by atoms with E-state index in [1.165, 1.54) is 11.3 Å². The Bertz CT molecular complexity index is 1010. The van der Waals surface area contributed by atoms with Crippen molar-refractivity contribution in [2.75, 3.05) is 5.43 Å². The average molecular weight is 394 g/mol. The summed E-state index contributed by atoms with van der Waals surface area (Å²) in [5.41, 5.74) is 3.56. The number of anilines is 1. The van der Waals surface area contributed by atoms with Gasteiger partial charge in [-0.05, 0) is 18.2 Å². The molecule has 0 radical (unpaired) electrons. The minimum Gasteiger partial charge on any atom is -0.478 e. The molecule has 5 nitrogen and oxygen atoms in total. The Balaban J connectivity index is 1.79. The molecule has 0 saturated heterocycles. The highest BCUT2D eigenvalue weighted by Crippen LogP contribution is 2.30. The normalized spacial score (nSPS) is 11.0. The summed E-state index contributed by atoms with van der Waals surface area (Å²) in [4.78, 5) is 15.4. The lowest BCUT2D eigenvalue weighted by molar-refractivity contribution is 0.0696. The molecule has 1 heterocycles. The lowest BCUT2D eigenvalue weighted by Gasteiger charge is -2.02. The molecule has 9 heteroatoms. The molecule has 132 valence electrons. The van der Waals surface area contributed by atoms with Gasteiger partial charge >= 0.3 is 5.97 Å². The van der Waals surface area contributed by atoms with Crippen molar-refractivity contribution in [2.45, 2.75) is 0 Å². The molecule has 0 aliphatic heterocycles. The number of carbonyl (C=O) groups is 1. The zero-order valence-corrected chi connectivity index (χ0v) is 14.5. The van der Waals surface area contributed by atoms with Gasteiger partial charge in [0.05, 0.1) is 17.5 Å². The molecule has 2 aromatic carbocycles. The number of thiazole rings is 1. The summed E-state index contributed by atoms with van der Waals surface area (Å²) in [5.74, 6) is -3.79. The number of benzene rings is 2. The molecule has 3 rings (SSSR count). The summed E-state index contributed by atoms with van der Waals surface area (Å²) in [7, 11) is 0. The van der Waals surface area contributed by atoms with E-state index in [0.29, 0.717) is 21.9 Å². The van der Waals surface area contributed by atoms with E-state index in [1.807, 2.05) is 18.2 Å². The fourth-order valence-corrected chi connectivity index (χ4v) is 3.02. The van der Waals surface area contributed by atoms with Gasteiger partial charge in [0.1, 0.15) is 0 Å². The van der Waals surface area contributed by atoms with Crippen LogP contribution in [0.1, 0.15) is 15.9 Å². The van der Waals surface area contributed by atoms with Crippen LogP contribution in [0.3, 0.4) is 0 Å². The molecule has 0 unspecified atom stereocenters. The average Bonchev–Trinajstić information content (AvgIpc) is 3.06. The predicted molar refractivity (Wildman–Crippen MR) is 97.1 cm³/mol. The highest BCUT2D eigenvalue weighted by Gasteiger charge is 2.14. The van der Waals surface area contributed by atoms with Gasteiger partial charge in [-0.3, -0.25) is 5.43 Å². The van der Waals surface area contributed by atoms with Gasteiger partial charge in [-0.1, -0.05) is 29.8 Å². The monoisotopic (exact) mass is 393 g/mol. The van der Waals surface area contributed by atoms with Crippen LogP contribution in [-0.4, -0.2) is 22.3 Å². The molecule has 3 aromatic rings. The molecule has 0 fully saturated rings. The third kappa shape index (κ3) is 3.87. The van der Waals surface area contributed by atoms with Crippen molar-refractivity contribution in [1.82, 2.24) is 4.98 Å². The van der Waals surface area contributed by atoms with Crippen LogP contribution >= 0.6 is 22.9 Å². The summed E-state index contributed by atoms with van der Waals surface area (Å²) in [6.45, 7) is 0. The van der Waals surface area contributed by atoms with Crippen LogP contribution in [0, 0.1) is 11.6 Å². The van der Waals surface area contributed by atoms with E-state index in [1.54, 1.807) is 11.4 Å². The maximum Gasteiger partial charge on any atom is 0.336 e. The van der Waals surface area contributed by atoms with Crippen LogP contribution < -0.4 is 5.43 Å². The molecule has 0 aliphatic carbocycles. The van der Waals surface area contributed by atoms with Crippen LogP contribution in [0.5, 0.6) is 0 Å². The van der Waals surface area contributed by atoms with Gasteiger partial charge in [0.15, 0.2) is 11.6 Å². The standard InChI is InChI=1S/C17H10ClF2N3O2S/c18-12-4-2-1-3-10(12)15-8-26-17(22-15)23-21-7-9-5-13(19)14(20)6-11(9)16(24)25/h1-8H,(H,22,23)(H,24,25)/b21-7+. The Morgan fingerprint density at radius 2 is 2.00 bits per heavy atom. The van der Waals surface area contributed by atoms with E-state index in [-0.39, 0.29) is 5.56 Å². The van der Waals surface area contributed by atoms with Crippen molar-refractivity contribution in [3.05, 3.63) is 69.6 Å². The summed E-state index contributed by atoms with van der Waals surface area (Å²) < 4.78 is 26.5.